The number of rotatable bonds is 8. The molecule has 1 aliphatic carbocycles. The molecule has 0 bridgehead atoms. The fourth-order valence-electron chi connectivity index (χ4n) is 5.24. The molecule has 5 rings (SSSR count). The molecule has 45 heavy (non-hydrogen) atoms. The van der Waals surface area contributed by atoms with Crippen LogP contribution in [0.3, 0.4) is 0 Å². The molecule has 2 fully saturated rings. The van der Waals surface area contributed by atoms with E-state index >= 15 is 4.39 Å². The summed E-state index contributed by atoms with van der Waals surface area (Å²) in [6.07, 6.45) is -0.952. The third-order valence-electron chi connectivity index (χ3n) is 7.53. The van der Waals surface area contributed by atoms with E-state index in [1.807, 2.05) is 6.07 Å². The number of carbonyl (C=O) groups is 3. The number of pyridine rings is 1. The number of nitrogens with zero attached hydrogens (tertiary/aromatic N) is 4. The third kappa shape index (κ3) is 6.57. The van der Waals surface area contributed by atoms with Crippen LogP contribution in [0.5, 0.6) is 0 Å². The molecule has 1 saturated heterocycles. The van der Waals surface area contributed by atoms with Crippen molar-refractivity contribution in [3.8, 4) is 6.07 Å². The number of aliphatic hydroxyl groups is 1. The molecular weight excluding hydrogens is 615 g/mol. The van der Waals surface area contributed by atoms with Gasteiger partial charge in [0.05, 0.1) is 17.2 Å². The summed E-state index contributed by atoms with van der Waals surface area (Å²) in [6, 6.07) is 9.86. The number of cyclic esters (lactones) is 1. The van der Waals surface area contributed by atoms with Crippen LogP contribution in [0.4, 0.5) is 29.5 Å². The van der Waals surface area contributed by atoms with Gasteiger partial charge in [-0.3, -0.25) is 14.5 Å². The zero-order valence-electron chi connectivity index (χ0n) is 24.0. The zero-order valence-corrected chi connectivity index (χ0v) is 24.8. The molecular formula is C31H27ClF3N5O5. The highest BCUT2D eigenvalue weighted by Gasteiger charge is 2.49. The number of anilines is 2. The number of benzene rings is 2. The Morgan fingerprint density at radius 3 is 2.58 bits per heavy atom. The highest BCUT2D eigenvalue weighted by molar-refractivity contribution is 6.31. The van der Waals surface area contributed by atoms with Crippen LogP contribution < -0.4 is 15.1 Å². The average molecular weight is 642 g/mol. The molecule has 234 valence electrons. The smallest absolute Gasteiger partial charge is 0.416 e. The molecule has 2 N–H and O–H groups in total. The quantitative estimate of drug-likeness (QED) is 0.354. The molecule has 3 aromatic rings. The van der Waals surface area contributed by atoms with Crippen molar-refractivity contribution >= 4 is 41.0 Å². The first-order valence-electron chi connectivity index (χ1n) is 13.8. The van der Waals surface area contributed by atoms with Crippen molar-refractivity contribution in [1.29, 1.82) is 5.26 Å². The molecule has 2 heterocycles. The van der Waals surface area contributed by atoms with E-state index in [4.69, 9.17) is 16.3 Å². The molecule has 10 nitrogen and oxygen atoms in total. The Morgan fingerprint density at radius 1 is 1.22 bits per heavy atom. The second-order valence-corrected chi connectivity index (χ2v) is 11.7. The number of aromatic nitrogens is 1. The third-order valence-corrected chi connectivity index (χ3v) is 7.87. The summed E-state index contributed by atoms with van der Waals surface area (Å²) in [7, 11) is 0. The van der Waals surface area contributed by atoms with E-state index in [1.165, 1.54) is 50.4 Å². The molecule has 0 unspecified atom stereocenters. The van der Waals surface area contributed by atoms with Gasteiger partial charge in [0, 0.05) is 41.4 Å². The predicted octanol–water partition coefficient (Wildman–Crippen LogP) is 4.99. The number of nitrogens with one attached hydrogen (secondary N) is 1. The Balaban J connectivity index is 1.68. The second-order valence-electron chi connectivity index (χ2n) is 11.3. The van der Waals surface area contributed by atoms with Crippen LogP contribution in [0.25, 0.3) is 0 Å². The maximum absolute atomic E-state index is 15.2. The summed E-state index contributed by atoms with van der Waals surface area (Å²) in [5.74, 6) is -5.77. The van der Waals surface area contributed by atoms with Gasteiger partial charge in [0.1, 0.15) is 24.3 Å². The summed E-state index contributed by atoms with van der Waals surface area (Å²) in [5, 5.41) is 22.7. The van der Waals surface area contributed by atoms with Gasteiger partial charge < -0.3 is 15.2 Å². The molecule has 1 saturated carbocycles. The van der Waals surface area contributed by atoms with Gasteiger partial charge in [0.15, 0.2) is 6.04 Å². The predicted molar refractivity (Wildman–Crippen MR) is 156 cm³/mol. The van der Waals surface area contributed by atoms with Crippen molar-refractivity contribution in [2.24, 2.45) is 0 Å². The van der Waals surface area contributed by atoms with E-state index in [9.17, 15) is 33.5 Å². The lowest BCUT2D eigenvalue weighted by Gasteiger charge is -2.39. The number of carbonyl (C=O) groups excluding carboxylic acids is 3. The number of hydrogen-bond acceptors (Lipinski definition) is 7. The normalized spacial score (nSPS) is 18.4. The highest BCUT2D eigenvalue weighted by atomic mass is 35.5. The largest absolute Gasteiger partial charge is 0.446 e. The number of alkyl halides is 2. The minimum atomic E-state index is -2.97. The van der Waals surface area contributed by atoms with Crippen LogP contribution >= 0.6 is 11.6 Å². The number of hydrogen-bond donors (Lipinski definition) is 2. The van der Waals surface area contributed by atoms with Gasteiger partial charge in [0.2, 0.25) is 5.91 Å². The first-order chi connectivity index (χ1) is 21.2. The van der Waals surface area contributed by atoms with Crippen LogP contribution in [-0.2, 0) is 19.9 Å². The lowest BCUT2D eigenvalue weighted by atomic mass is 9.87. The van der Waals surface area contributed by atoms with Gasteiger partial charge >= 0.3 is 6.09 Å². The minimum Gasteiger partial charge on any atom is -0.446 e. The number of halogens is 4. The van der Waals surface area contributed by atoms with Gasteiger partial charge in [0.25, 0.3) is 11.8 Å². The van der Waals surface area contributed by atoms with Crippen molar-refractivity contribution in [3.63, 3.8) is 0 Å². The molecule has 2 aliphatic rings. The first kappa shape index (κ1) is 31.7. The van der Waals surface area contributed by atoms with Crippen LogP contribution in [0, 0.1) is 17.1 Å². The Kier molecular flexibility index (Phi) is 8.48. The minimum absolute atomic E-state index is 0.0347. The molecule has 1 aromatic heterocycles. The van der Waals surface area contributed by atoms with Gasteiger partial charge in [-0.15, -0.1) is 0 Å². The molecule has 3 amide bonds. The summed E-state index contributed by atoms with van der Waals surface area (Å²) >= 11 is 6.52. The summed E-state index contributed by atoms with van der Waals surface area (Å²) in [6.45, 7) is 2.28. The van der Waals surface area contributed by atoms with E-state index in [0.29, 0.717) is 0 Å². The topological polar surface area (TPSA) is 136 Å². The van der Waals surface area contributed by atoms with Crippen molar-refractivity contribution in [3.05, 3.63) is 88.3 Å². The molecule has 2 aromatic carbocycles. The van der Waals surface area contributed by atoms with E-state index < -0.39 is 72.8 Å². The van der Waals surface area contributed by atoms with Crippen LogP contribution in [0.1, 0.15) is 49.4 Å². The van der Waals surface area contributed by atoms with Crippen LogP contribution in [0.15, 0.2) is 60.8 Å². The molecule has 1 aliphatic heterocycles. The SMILES string of the molecule is CC(C)(O)c1cc(F)cc(N(C(=O)[C@@H]2COC(=O)N2c2cc(C#N)ccn2)[C@H](C(=O)NC2CC(F)(F)C2)c2ccccc2Cl)c1. The Labute approximate surface area is 261 Å². The number of ether oxygens (including phenoxy) is 1. The maximum atomic E-state index is 15.2. The van der Waals surface area contributed by atoms with Crippen LogP contribution in [-0.4, -0.2) is 52.6 Å². The summed E-state index contributed by atoms with van der Waals surface area (Å²) < 4.78 is 47.8. The Morgan fingerprint density at radius 2 is 1.93 bits per heavy atom. The molecule has 2 atom stereocenters. The Hall–Kier alpha value is -4.67. The van der Waals surface area contributed by atoms with Crippen molar-refractivity contribution in [1.82, 2.24) is 10.3 Å². The molecule has 14 heteroatoms. The summed E-state index contributed by atoms with van der Waals surface area (Å²) in [4.78, 5) is 47.5. The second kappa shape index (κ2) is 12.0. The first-order valence-corrected chi connectivity index (χ1v) is 14.2. The Bertz CT molecular complexity index is 1700. The maximum Gasteiger partial charge on any atom is 0.416 e. The fraction of sp³-hybridized carbons (Fsp3) is 0.323. The van der Waals surface area contributed by atoms with Gasteiger partial charge in [-0.2, -0.15) is 5.26 Å². The van der Waals surface area contributed by atoms with E-state index in [0.717, 1.165) is 21.9 Å². The highest BCUT2D eigenvalue weighted by Crippen LogP contribution is 2.40. The standard InChI is InChI=1S/C31H27ClF3N5O5/c1-30(2,44)18-10-19(33)12-21(11-18)39(28(42)24-16-45-29(43)40(24)25-9-17(15-36)7-8-37-25)26(22-5-3-4-6-23(22)32)27(41)38-20-13-31(34,35)14-20/h3-12,20,24,26,44H,13-14,16H2,1-2H3,(H,38,41)/t24-,26-/m0/s1. The van der Waals surface area contributed by atoms with E-state index in [-0.39, 0.29) is 33.2 Å². The van der Waals surface area contributed by atoms with E-state index in [2.05, 4.69) is 10.3 Å². The number of amides is 3. The van der Waals surface area contributed by atoms with Gasteiger partial charge in [-0.25, -0.2) is 27.8 Å². The van der Waals surface area contributed by atoms with Crippen molar-refractivity contribution in [2.45, 2.75) is 56.3 Å². The zero-order chi connectivity index (χ0) is 32.7. The average Bonchev–Trinajstić information content (AvgIpc) is 3.35. The van der Waals surface area contributed by atoms with E-state index in [1.54, 1.807) is 12.1 Å². The van der Waals surface area contributed by atoms with Crippen LogP contribution in [0.2, 0.25) is 5.02 Å². The molecule has 0 radical (unpaired) electrons. The fourth-order valence-corrected chi connectivity index (χ4v) is 5.48. The lowest BCUT2D eigenvalue weighted by molar-refractivity contribution is -0.133. The lowest BCUT2D eigenvalue weighted by Crippen LogP contribution is -2.56. The van der Waals surface area contributed by atoms with Crippen molar-refractivity contribution in [2.75, 3.05) is 16.4 Å². The number of nitriles is 1. The molecule has 0 spiro atoms. The van der Waals surface area contributed by atoms with Crippen molar-refractivity contribution < 1.29 is 37.4 Å². The monoisotopic (exact) mass is 641 g/mol. The van der Waals surface area contributed by atoms with Gasteiger partial charge in [-0.05, 0) is 55.8 Å². The van der Waals surface area contributed by atoms with Gasteiger partial charge in [-0.1, -0.05) is 29.8 Å². The summed E-state index contributed by atoms with van der Waals surface area (Å²) in [5.41, 5.74) is -1.54.